The van der Waals surface area contributed by atoms with Crippen LogP contribution in [0.4, 0.5) is 5.69 Å². The third-order valence-corrected chi connectivity index (χ3v) is 4.51. The third-order valence-electron chi connectivity index (χ3n) is 4.01. The van der Waals surface area contributed by atoms with E-state index < -0.39 is 0 Å². The Morgan fingerprint density at radius 3 is 2.68 bits per heavy atom. The van der Waals surface area contributed by atoms with Gasteiger partial charge in [0.25, 0.3) is 5.56 Å². The maximum absolute atomic E-state index is 12.5. The first kappa shape index (κ1) is 17.4. The lowest BCUT2D eigenvalue weighted by Gasteiger charge is -2.08. The second-order valence-electron chi connectivity index (χ2n) is 5.75. The van der Waals surface area contributed by atoms with Gasteiger partial charge in [-0.3, -0.25) is 14.2 Å². The number of carbonyl (C=O) groups excluding carboxylic acids is 1. The molecular formula is C19H18BrN3O2. The number of carbonyl (C=O) groups is 1. The number of halogens is 1. The van der Waals surface area contributed by atoms with Crippen molar-refractivity contribution in [2.45, 2.75) is 26.3 Å². The highest BCUT2D eigenvalue weighted by atomic mass is 79.9. The number of aromatic nitrogens is 2. The molecule has 128 valence electrons. The van der Waals surface area contributed by atoms with Crippen LogP contribution in [0, 0.1) is 0 Å². The fourth-order valence-electron chi connectivity index (χ4n) is 2.56. The summed E-state index contributed by atoms with van der Waals surface area (Å²) in [6.07, 6.45) is 2.65. The van der Waals surface area contributed by atoms with E-state index in [9.17, 15) is 9.59 Å². The van der Waals surface area contributed by atoms with Gasteiger partial charge in [0.2, 0.25) is 5.91 Å². The predicted octanol–water partition coefficient (Wildman–Crippen LogP) is 3.75. The van der Waals surface area contributed by atoms with Gasteiger partial charge in [0.05, 0.1) is 17.2 Å². The van der Waals surface area contributed by atoms with E-state index in [1.807, 2.05) is 30.3 Å². The molecule has 0 radical (unpaired) electrons. The molecule has 2 aromatic carbocycles. The zero-order chi connectivity index (χ0) is 17.8. The molecule has 1 heterocycles. The first-order chi connectivity index (χ1) is 12.1. The van der Waals surface area contributed by atoms with Crippen LogP contribution in [0.3, 0.4) is 0 Å². The van der Waals surface area contributed by atoms with Crippen LogP contribution in [0.2, 0.25) is 0 Å². The van der Waals surface area contributed by atoms with Crippen molar-refractivity contribution >= 4 is 38.4 Å². The number of hydrogen-bond acceptors (Lipinski definition) is 3. The Morgan fingerprint density at radius 2 is 1.96 bits per heavy atom. The van der Waals surface area contributed by atoms with E-state index in [-0.39, 0.29) is 24.4 Å². The first-order valence-electron chi connectivity index (χ1n) is 8.10. The highest BCUT2D eigenvalue weighted by Crippen LogP contribution is 2.15. The molecule has 3 aromatic rings. The Labute approximate surface area is 153 Å². The van der Waals surface area contributed by atoms with Gasteiger partial charge >= 0.3 is 0 Å². The van der Waals surface area contributed by atoms with Crippen LogP contribution in [0.15, 0.2) is 58.1 Å². The first-order valence-corrected chi connectivity index (χ1v) is 8.89. The molecule has 25 heavy (non-hydrogen) atoms. The van der Waals surface area contributed by atoms with E-state index in [1.165, 1.54) is 16.5 Å². The van der Waals surface area contributed by atoms with Crippen LogP contribution >= 0.6 is 15.9 Å². The molecule has 0 saturated heterocycles. The van der Waals surface area contributed by atoms with Crippen molar-refractivity contribution in [1.82, 2.24) is 9.55 Å². The Balaban J connectivity index is 1.68. The molecule has 0 spiro atoms. The molecule has 0 unspecified atom stereocenters. The minimum absolute atomic E-state index is 0.134. The summed E-state index contributed by atoms with van der Waals surface area (Å²) in [5.41, 5.74) is 2.48. The van der Waals surface area contributed by atoms with Crippen molar-refractivity contribution in [2.24, 2.45) is 0 Å². The average Bonchev–Trinajstić information content (AvgIpc) is 2.62. The second kappa shape index (κ2) is 7.61. The molecule has 0 aliphatic rings. The van der Waals surface area contributed by atoms with Gasteiger partial charge < -0.3 is 5.32 Å². The molecule has 0 fully saturated rings. The Bertz CT molecular complexity index is 965. The number of rotatable bonds is 5. The van der Waals surface area contributed by atoms with Gasteiger partial charge in [-0.15, -0.1) is 0 Å². The van der Waals surface area contributed by atoms with Crippen LogP contribution in [0.25, 0.3) is 10.9 Å². The molecule has 3 rings (SSSR count). The second-order valence-corrected chi connectivity index (χ2v) is 6.67. The summed E-state index contributed by atoms with van der Waals surface area (Å²) in [6, 6.07) is 13.1. The summed E-state index contributed by atoms with van der Waals surface area (Å²) < 4.78 is 2.29. The van der Waals surface area contributed by atoms with E-state index in [4.69, 9.17) is 0 Å². The maximum atomic E-state index is 12.5. The highest BCUT2D eigenvalue weighted by molar-refractivity contribution is 9.10. The number of fused-ring (bicyclic) bond motifs is 1. The number of anilines is 1. The Morgan fingerprint density at radius 1 is 1.20 bits per heavy atom. The summed E-state index contributed by atoms with van der Waals surface area (Å²) in [4.78, 5) is 28.9. The molecule has 0 aliphatic carbocycles. The van der Waals surface area contributed by atoms with Crippen LogP contribution in [0.5, 0.6) is 0 Å². The summed E-state index contributed by atoms with van der Waals surface area (Å²) in [5.74, 6) is -0.134. The van der Waals surface area contributed by atoms with E-state index in [2.05, 4.69) is 33.2 Å². The monoisotopic (exact) mass is 399 g/mol. The SMILES string of the molecule is CCc1ccc(NC(=O)CCn2cnc3ccc(Br)cc3c2=O)cc1. The minimum Gasteiger partial charge on any atom is -0.326 e. The highest BCUT2D eigenvalue weighted by Gasteiger charge is 2.07. The standard InChI is InChI=1S/C19H18BrN3O2/c1-2-13-3-6-15(7-4-13)22-18(24)9-10-23-12-21-17-8-5-14(20)11-16(17)19(23)25/h3-8,11-12H,2,9-10H2,1H3,(H,22,24). The topological polar surface area (TPSA) is 64.0 Å². The molecule has 0 aliphatic heterocycles. The quantitative estimate of drug-likeness (QED) is 0.710. The number of hydrogen-bond donors (Lipinski definition) is 1. The van der Waals surface area contributed by atoms with Crippen molar-refractivity contribution in [2.75, 3.05) is 5.32 Å². The van der Waals surface area contributed by atoms with E-state index in [0.29, 0.717) is 10.9 Å². The lowest BCUT2D eigenvalue weighted by atomic mass is 10.1. The van der Waals surface area contributed by atoms with Gasteiger partial charge in [0.1, 0.15) is 0 Å². The average molecular weight is 400 g/mol. The molecular weight excluding hydrogens is 382 g/mol. The van der Waals surface area contributed by atoms with Gasteiger partial charge in [-0.2, -0.15) is 0 Å². The van der Waals surface area contributed by atoms with Crippen molar-refractivity contribution in [3.05, 3.63) is 69.2 Å². The fourth-order valence-corrected chi connectivity index (χ4v) is 2.92. The molecule has 0 saturated carbocycles. The molecule has 6 heteroatoms. The number of nitrogens with one attached hydrogen (secondary N) is 1. The van der Waals surface area contributed by atoms with Gasteiger partial charge in [-0.1, -0.05) is 35.0 Å². The molecule has 0 atom stereocenters. The van der Waals surface area contributed by atoms with Crippen molar-refractivity contribution in [3.8, 4) is 0 Å². The Hall–Kier alpha value is -2.47. The minimum atomic E-state index is -0.147. The predicted molar refractivity (Wildman–Crippen MR) is 103 cm³/mol. The number of aryl methyl sites for hydroxylation is 2. The van der Waals surface area contributed by atoms with E-state index >= 15 is 0 Å². The summed E-state index contributed by atoms with van der Waals surface area (Å²) >= 11 is 3.36. The number of benzene rings is 2. The van der Waals surface area contributed by atoms with Gasteiger partial charge in [0, 0.05) is 23.1 Å². The van der Waals surface area contributed by atoms with Crippen LogP contribution < -0.4 is 10.9 Å². The molecule has 1 amide bonds. The number of nitrogens with zero attached hydrogens (tertiary/aromatic N) is 2. The van der Waals surface area contributed by atoms with Crippen LogP contribution in [0.1, 0.15) is 18.9 Å². The fraction of sp³-hybridized carbons (Fsp3) is 0.211. The number of amides is 1. The van der Waals surface area contributed by atoms with Crippen molar-refractivity contribution in [3.63, 3.8) is 0 Å². The van der Waals surface area contributed by atoms with Crippen LogP contribution in [-0.2, 0) is 17.8 Å². The molecule has 1 N–H and O–H groups in total. The third kappa shape index (κ3) is 4.14. The summed E-state index contributed by atoms with van der Waals surface area (Å²) in [7, 11) is 0. The normalized spacial score (nSPS) is 10.8. The van der Waals surface area contributed by atoms with Gasteiger partial charge in [-0.25, -0.2) is 4.98 Å². The molecule has 0 bridgehead atoms. The zero-order valence-corrected chi connectivity index (χ0v) is 15.4. The van der Waals surface area contributed by atoms with Crippen molar-refractivity contribution < 1.29 is 4.79 Å². The zero-order valence-electron chi connectivity index (χ0n) is 13.8. The molecule has 5 nitrogen and oxygen atoms in total. The maximum Gasteiger partial charge on any atom is 0.261 e. The smallest absolute Gasteiger partial charge is 0.261 e. The lowest BCUT2D eigenvalue weighted by Crippen LogP contribution is -2.23. The Kier molecular flexibility index (Phi) is 5.28. The van der Waals surface area contributed by atoms with Gasteiger partial charge in [-0.05, 0) is 42.3 Å². The molecule has 1 aromatic heterocycles. The summed E-state index contributed by atoms with van der Waals surface area (Å²) in [5, 5.41) is 3.38. The largest absolute Gasteiger partial charge is 0.326 e. The van der Waals surface area contributed by atoms with Crippen molar-refractivity contribution in [1.29, 1.82) is 0 Å². The summed E-state index contributed by atoms with van der Waals surface area (Å²) in [6.45, 7) is 2.37. The van der Waals surface area contributed by atoms with Crippen LogP contribution in [-0.4, -0.2) is 15.5 Å². The van der Waals surface area contributed by atoms with E-state index in [1.54, 1.807) is 12.1 Å². The van der Waals surface area contributed by atoms with E-state index in [0.717, 1.165) is 16.6 Å². The van der Waals surface area contributed by atoms with Gasteiger partial charge in [0.15, 0.2) is 0 Å². The lowest BCUT2D eigenvalue weighted by molar-refractivity contribution is -0.116.